The third-order valence-electron chi connectivity index (χ3n) is 3.27. The van der Waals surface area contributed by atoms with Crippen molar-refractivity contribution in [1.29, 1.82) is 0 Å². The Kier molecular flexibility index (Phi) is 7.65. The number of hydrogen-bond acceptors (Lipinski definition) is 3. The number of aromatic amines is 1. The molecule has 4 nitrogen and oxygen atoms in total. The van der Waals surface area contributed by atoms with Crippen molar-refractivity contribution in [2.75, 3.05) is 29.9 Å². The van der Waals surface area contributed by atoms with E-state index in [9.17, 15) is 4.79 Å². The topological polar surface area (TPSA) is 48.1 Å². The summed E-state index contributed by atoms with van der Waals surface area (Å²) in [4.78, 5) is 17.3. The van der Waals surface area contributed by atoms with Crippen LogP contribution in [0.1, 0.15) is 10.5 Å². The van der Waals surface area contributed by atoms with Crippen LogP contribution in [0.4, 0.5) is 11.4 Å². The van der Waals surface area contributed by atoms with Gasteiger partial charge in [0.15, 0.2) is 0 Å². The van der Waals surface area contributed by atoms with Crippen LogP contribution in [0.5, 0.6) is 0 Å². The van der Waals surface area contributed by atoms with Gasteiger partial charge in [-0.05, 0) is 18.2 Å². The maximum absolute atomic E-state index is 12.3. The van der Waals surface area contributed by atoms with Crippen molar-refractivity contribution in [3.63, 3.8) is 0 Å². The van der Waals surface area contributed by atoms with Gasteiger partial charge in [0.05, 0.1) is 5.69 Å². The van der Waals surface area contributed by atoms with E-state index in [4.69, 9.17) is 0 Å². The van der Waals surface area contributed by atoms with Crippen LogP contribution in [0.3, 0.4) is 0 Å². The molecule has 0 saturated carbocycles. The van der Waals surface area contributed by atoms with Crippen molar-refractivity contribution >= 4 is 53.9 Å². The van der Waals surface area contributed by atoms with Crippen LogP contribution in [0.15, 0.2) is 42.6 Å². The fourth-order valence-electron chi connectivity index (χ4n) is 2.21. The molecule has 2 heterocycles. The Morgan fingerprint density at radius 2 is 1.77 bits per heavy atom. The van der Waals surface area contributed by atoms with Gasteiger partial charge in [-0.25, -0.2) is 0 Å². The third-order valence-corrected chi connectivity index (χ3v) is 4.22. The maximum atomic E-state index is 12.3. The number of H-pyrrole nitrogens is 1. The molecule has 22 heavy (non-hydrogen) atoms. The zero-order chi connectivity index (χ0) is 13.8. The Bertz CT molecular complexity index is 585. The monoisotopic (exact) mass is 359 g/mol. The Hall–Kier alpha value is -1.30. The highest BCUT2D eigenvalue weighted by atomic mass is 35.5. The van der Waals surface area contributed by atoms with Crippen molar-refractivity contribution in [3.8, 4) is 0 Å². The van der Waals surface area contributed by atoms with Gasteiger partial charge in [0, 0.05) is 36.5 Å². The Balaban J connectivity index is 0.00000121. The molecule has 7 heteroatoms. The van der Waals surface area contributed by atoms with Gasteiger partial charge in [-0.3, -0.25) is 4.79 Å². The molecular formula is C15H19Cl2N3OS. The number of para-hydroxylation sites is 1. The van der Waals surface area contributed by atoms with E-state index in [2.05, 4.69) is 10.3 Å². The molecule has 1 amide bonds. The lowest BCUT2D eigenvalue weighted by Crippen LogP contribution is -2.38. The number of thioether (sulfide) groups is 1. The van der Waals surface area contributed by atoms with Crippen molar-refractivity contribution in [1.82, 2.24) is 9.88 Å². The van der Waals surface area contributed by atoms with Gasteiger partial charge < -0.3 is 15.2 Å². The molecule has 1 aliphatic rings. The molecule has 120 valence electrons. The zero-order valence-corrected chi connectivity index (χ0v) is 14.4. The van der Waals surface area contributed by atoms with Crippen LogP contribution < -0.4 is 5.32 Å². The van der Waals surface area contributed by atoms with Crippen molar-refractivity contribution in [2.45, 2.75) is 0 Å². The number of carbonyl (C=O) groups excluding carboxylic acids is 1. The van der Waals surface area contributed by atoms with Gasteiger partial charge in [0.1, 0.15) is 5.69 Å². The van der Waals surface area contributed by atoms with Gasteiger partial charge in [-0.2, -0.15) is 11.8 Å². The highest BCUT2D eigenvalue weighted by Crippen LogP contribution is 2.19. The molecule has 0 bridgehead atoms. The van der Waals surface area contributed by atoms with Crippen LogP contribution in [0, 0.1) is 0 Å². The van der Waals surface area contributed by atoms with E-state index in [1.807, 2.05) is 59.3 Å². The number of carbonyl (C=O) groups is 1. The van der Waals surface area contributed by atoms with E-state index in [1.165, 1.54) is 0 Å². The smallest absolute Gasteiger partial charge is 0.270 e. The summed E-state index contributed by atoms with van der Waals surface area (Å²) in [6.45, 7) is 1.67. The molecule has 1 fully saturated rings. The normalized spacial score (nSPS) is 13.7. The lowest BCUT2D eigenvalue weighted by Gasteiger charge is -2.25. The Labute approximate surface area is 146 Å². The van der Waals surface area contributed by atoms with Crippen molar-refractivity contribution < 1.29 is 4.79 Å². The number of anilines is 2. The Morgan fingerprint density at radius 1 is 1.09 bits per heavy atom. The summed E-state index contributed by atoms with van der Waals surface area (Å²) >= 11 is 1.90. The number of nitrogens with zero attached hydrogens (tertiary/aromatic N) is 1. The zero-order valence-electron chi connectivity index (χ0n) is 12.0. The fourth-order valence-corrected chi connectivity index (χ4v) is 3.12. The van der Waals surface area contributed by atoms with E-state index in [-0.39, 0.29) is 30.7 Å². The summed E-state index contributed by atoms with van der Waals surface area (Å²) in [6, 6.07) is 11.8. The molecule has 0 aliphatic carbocycles. The quantitative estimate of drug-likeness (QED) is 0.876. The van der Waals surface area contributed by atoms with Gasteiger partial charge in [-0.1, -0.05) is 18.2 Å². The highest BCUT2D eigenvalue weighted by molar-refractivity contribution is 7.99. The molecule has 1 aliphatic heterocycles. The van der Waals surface area contributed by atoms with E-state index in [0.29, 0.717) is 5.69 Å². The molecule has 3 rings (SSSR count). The van der Waals surface area contributed by atoms with Gasteiger partial charge >= 0.3 is 0 Å². The van der Waals surface area contributed by atoms with Crippen LogP contribution >= 0.6 is 36.6 Å². The minimum absolute atomic E-state index is 0. The minimum atomic E-state index is 0. The van der Waals surface area contributed by atoms with E-state index in [1.54, 1.807) is 0 Å². The lowest BCUT2D eigenvalue weighted by molar-refractivity contribution is 0.0767. The standard InChI is InChI=1S/C15H17N3OS.2ClH/c19-15(18-6-8-20-9-7-18)14-10-13(11-16-14)17-12-4-2-1-3-5-12;;/h1-5,10-11,16-17H,6-9H2;2*1H. The molecule has 0 spiro atoms. The molecule has 1 saturated heterocycles. The summed E-state index contributed by atoms with van der Waals surface area (Å²) in [5, 5.41) is 3.28. The average molecular weight is 360 g/mol. The van der Waals surface area contributed by atoms with Crippen molar-refractivity contribution in [2.24, 2.45) is 0 Å². The number of nitrogens with one attached hydrogen (secondary N) is 2. The molecule has 0 radical (unpaired) electrons. The predicted molar refractivity (Wildman–Crippen MR) is 98.2 cm³/mol. The van der Waals surface area contributed by atoms with Crippen molar-refractivity contribution in [3.05, 3.63) is 48.3 Å². The number of halogens is 2. The first-order valence-corrected chi connectivity index (χ1v) is 7.86. The first kappa shape index (κ1) is 18.7. The summed E-state index contributed by atoms with van der Waals surface area (Å²) < 4.78 is 0. The molecule has 1 aromatic carbocycles. The summed E-state index contributed by atoms with van der Waals surface area (Å²) in [5.74, 6) is 2.15. The van der Waals surface area contributed by atoms with E-state index < -0.39 is 0 Å². The molecule has 0 unspecified atom stereocenters. The van der Waals surface area contributed by atoms with Gasteiger partial charge in [-0.15, -0.1) is 24.8 Å². The minimum Gasteiger partial charge on any atom is -0.355 e. The first-order valence-electron chi connectivity index (χ1n) is 6.70. The third kappa shape index (κ3) is 4.60. The molecule has 2 N–H and O–H groups in total. The summed E-state index contributed by atoms with van der Waals surface area (Å²) in [6.07, 6.45) is 1.83. The second-order valence-corrected chi connectivity index (χ2v) is 5.92. The second-order valence-electron chi connectivity index (χ2n) is 4.70. The molecule has 0 atom stereocenters. The van der Waals surface area contributed by atoms with Crippen LogP contribution in [0.25, 0.3) is 0 Å². The van der Waals surface area contributed by atoms with Gasteiger partial charge in [0.25, 0.3) is 5.91 Å². The van der Waals surface area contributed by atoms with Gasteiger partial charge in [0.2, 0.25) is 0 Å². The number of benzene rings is 1. The van der Waals surface area contributed by atoms with Crippen LogP contribution in [-0.2, 0) is 0 Å². The molecule has 1 aromatic heterocycles. The lowest BCUT2D eigenvalue weighted by atomic mass is 10.3. The fraction of sp³-hybridized carbons (Fsp3) is 0.267. The number of hydrogen-bond donors (Lipinski definition) is 2. The van der Waals surface area contributed by atoms with E-state index in [0.717, 1.165) is 36.0 Å². The van der Waals surface area contributed by atoms with Crippen LogP contribution in [0.2, 0.25) is 0 Å². The largest absolute Gasteiger partial charge is 0.355 e. The first-order chi connectivity index (χ1) is 9.83. The summed E-state index contributed by atoms with van der Waals surface area (Å²) in [5.41, 5.74) is 2.57. The predicted octanol–water partition coefficient (Wildman–Crippen LogP) is 3.79. The summed E-state index contributed by atoms with van der Waals surface area (Å²) in [7, 11) is 0. The Morgan fingerprint density at radius 3 is 2.45 bits per heavy atom. The maximum Gasteiger partial charge on any atom is 0.270 e. The number of aromatic nitrogens is 1. The van der Waals surface area contributed by atoms with Crippen LogP contribution in [-0.4, -0.2) is 40.4 Å². The average Bonchev–Trinajstić information content (AvgIpc) is 2.97. The van der Waals surface area contributed by atoms with E-state index >= 15 is 0 Å². The molecular weight excluding hydrogens is 341 g/mol. The highest BCUT2D eigenvalue weighted by Gasteiger charge is 2.19. The second kappa shape index (κ2) is 8.98. The molecule has 2 aromatic rings. The number of rotatable bonds is 3. The number of amides is 1. The SMILES string of the molecule is Cl.Cl.O=C(c1cc(Nc2ccccc2)c[nH]1)N1CCSCC1.